The number of rotatable bonds is 3. The van der Waals surface area contributed by atoms with Gasteiger partial charge in [0, 0.05) is 11.4 Å². The lowest BCUT2D eigenvalue weighted by molar-refractivity contribution is -0.122. The molecule has 2 heterocycles. The normalized spacial score (nSPS) is 18.2. The topological polar surface area (TPSA) is 37.4 Å². The highest BCUT2D eigenvalue weighted by Crippen LogP contribution is 2.33. The second-order valence-corrected chi connectivity index (χ2v) is 5.96. The third kappa shape index (κ3) is 2.62. The molecule has 1 aromatic heterocycles. The van der Waals surface area contributed by atoms with Gasteiger partial charge in [-0.05, 0) is 30.0 Å². The van der Waals surface area contributed by atoms with Gasteiger partial charge in [0.1, 0.15) is 0 Å². The lowest BCUT2D eigenvalue weighted by Gasteiger charge is -2.07. The van der Waals surface area contributed by atoms with Gasteiger partial charge < -0.3 is 0 Å². The molecule has 0 aliphatic carbocycles. The minimum absolute atomic E-state index is 0.243. The van der Waals surface area contributed by atoms with E-state index in [1.165, 1.54) is 22.3 Å². The molecule has 17 heavy (non-hydrogen) atoms. The fourth-order valence-electron chi connectivity index (χ4n) is 1.32. The van der Waals surface area contributed by atoms with Crippen LogP contribution in [0.5, 0.6) is 0 Å². The minimum Gasteiger partial charge on any atom is -0.268 e. The molecule has 0 aromatic carbocycles. The van der Waals surface area contributed by atoms with Gasteiger partial charge in [0.25, 0.3) is 11.1 Å². The molecule has 1 aliphatic rings. The number of amides is 2. The predicted molar refractivity (Wildman–Crippen MR) is 72.2 cm³/mol. The van der Waals surface area contributed by atoms with Crippen LogP contribution >= 0.6 is 34.7 Å². The molecule has 0 atom stereocenters. The molecule has 0 bridgehead atoms. The van der Waals surface area contributed by atoms with Crippen LogP contribution < -0.4 is 0 Å². The van der Waals surface area contributed by atoms with E-state index >= 15 is 0 Å². The van der Waals surface area contributed by atoms with Gasteiger partial charge in [0.05, 0.1) is 9.24 Å². The quantitative estimate of drug-likeness (QED) is 0.629. The molecule has 6 heteroatoms. The first-order valence-corrected chi connectivity index (χ1v) is 6.74. The fourth-order valence-corrected chi connectivity index (χ4v) is 3.24. The molecule has 2 rings (SSSR count). The molecule has 0 radical (unpaired) electrons. The van der Waals surface area contributed by atoms with Gasteiger partial charge in [-0.1, -0.05) is 17.7 Å². The predicted octanol–water partition coefficient (Wildman–Crippen LogP) is 3.62. The molecule has 1 aromatic rings. The first-order valence-electron chi connectivity index (χ1n) is 4.73. The highest BCUT2D eigenvalue weighted by Gasteiger charge is 2.34. The van der Waals surface area contributed by atoms with Gasteiger partial charge in [-0.2, -0.15) is 0 Å². The number of hydrogen-bond acceptors (Lipinski definition) is 4. The Balaban J connectivity index is 2.24. The van der Waals surface area contributed by atoms with Crippen molar-refractivity contribution >= 4 is 51.9 Å². The zero-order chi connectivity index (χ0) is 12.4. The molecule has 88 valence electrons. The summed E-state index contributed by atoms with van der Waals surface area (Å²) in [5.41, 5.74) is 0. The standard InChI is InChI=1S/C11H8ClNO2S2/c1-2-5-13-10(14)8(17-11(13)15)6-7-3-4-9(12)16-7/h2-4,6H,1,5H2/b8-6+. The van der Waals surface area contributed by atoms with Crippen LogP contribution in [-0.2, 0) is 4.79 Å². The largest absolute Gasteiger partial charge is 0.293 e. The summed E-state index contributed by atoms with van der Waals surface area (Å²) < 4.78 is 0.654. The lowest BCUT2D eigenvalue weighted by Crippen LogP contribution is -2.27. The molecule has 0 unspecified atom stereocenters. The van der Waals surface area contributed by atoms with Gasteiger partial charge in [-0.25, -0.2) is 0 Å². The van der Waals surface area contributed by atoms with Crippen LogP contribution in [0.2, 0.25) is 4.34 Å². The van der Waals surface area contributed by atoms with Crippen LogP contribution in [0.25, 0.3) is 6.08 Å². The number of carbonyl (C=O) groups is 2. The second kappa shape index (κ2) is 5.08. The van der Waals surface area contributed by atoms with E-state index in [1.54, 1.807) is 12.1 Å². The molecule has 1 aliphatic heterocycles. The van der Waals surface area contributed by atoms with Crippen molar-refractivity contribution in [3.63, 3.8) is 0 Å². The van der Waals surface area contributed by atoms with E-state index in [1.807, 2.05) is 6.07 Å². The Kier molecular flexibility index (Phi) is 3.71. The first-order chi connectivity index (χ1) is 8.11. The van der Waals surface area contributed by atoms with E-state index < -0.39 is 0 Å². The van der Waals surface area contributed by atoms with Gasteiger partial charge >= 0.3 is 0 Å². The van der Waals surface area contributed by atoms with Crippen LogP contribution in [0.4, 0.5) is 4.79 Å². The Morgan fingerprint density at radius 1 is 1.41 bits per heavy atom. The maximum atomic E-state index is 11.9. The molecule has 0 spiro atoms. The Bertz CT molecular complexity index is 521. The summed E-state index contributed by atoms with van der Waals surface area (Å²) in [5, 5.41) is -0.260. The van der Waals surface area contributed by atoms with Crippen molar-refractivity contribution in [1.82, 2.24) is 4.90 Å². The van der Waals surface area contributed by atoms with Crippen LogP contribution in [-0.4, -0.2) is 22.6 Å². The zero-order valence-electron chi connectivity index (χ0n) is 8.68. The maximum absolute atomic E-state index is 11.9. The molecule has 1 saturated heterocycles. The maximum Gasteiger partial charge on any atom is 0.293 e. The summed E-state index contributed by atoms with van der Waals surface area (Å²) in [7, 11) is 0. The van der Waals surface area contributed by atoms with E-state index in [4.69, 9.17) is 11.6 Å². The molecule has 0 saturated carbocycles. The van der Waals surface area contributed by atoms with Crippen molar-refractivity contribution in [2.75, 3.05) is 6.54 Å². The number of hydrogen-bond donors (Lipinski definition) is 0. The van der Waals surface area contributed by atoms with Crippen molar-refractivity contribution < 1.29 is 9.59 Å². The SMILES string of the molecule is C=CCN1C(=O)S/C(=C/c2ccc(Cl)s2)C1=O. The van der Waals surface area contributed by atoms with Crippen molar-refractivity contribution in [1.29, 1.82) is 0 Å². The number of imide groups is 1. The van der Waals surface area contributed by atoms with E-state index in [0.29, 0.717) is 9.24 Å². The fraction of sp³-hybridized carbons (Fsp3) is 0.0909. The number of thiophene rings is 1. The second-order valence-electron chi connectivity index (χ2n) is 3.22. The van der Waals surface area contributed by atoms with E-state index in [-0.39, 0.29) is 17.7 Å². The molecule has 2 amide bonds. The number of carbonyl (C=O) groups excluding carboxylic acids is 2. The summed E-state index contributed by atoms with van der Waals surface area (Å²) in [5.74, 6) is -0.274. The molecular formula is C11H8ClNO2S2. The van der Waals surface area contributed by atoms with Gasteiger partial charge in [-0.15, -0.1) is 17.9 Å². The van der Waals surface area contributed by atoms with Crippen LogP contribution in [0.3, 0.4) is 0 Å². The Morgan fingerprint density at radius 3 is 2.76 bits per heavy atom. The van der Waals surface area contributed by atoms with Crippen LogP contribution in [0.1, 0.15) is 4.88 Å². The summed E-state index contributed by atoms with van der Waals surface area (Å²) in [6, 6.07) is 3.57. The molecule has 0 N–H and O–H groups in total. The van der Waals surface area contributed by atoms with E-state index in [0.717, 1.165) is 16.6 Å². The monoisotopic (exact) mass is 285 g/mol. The highest BCUT2D eigenvalue weighted by atomic mass is 35.5. The number of thioether (sulfide) groups is 1. The Hall–Kier alpha value is -1.04. The van der Waals surface area contributed by atoms with E-state index in [2.05, 4.69) is 6.58 Å². The summed E-state index contributed by atoms with van der Waals surface area (Å²) in [6.45, 7) is 3.76. The average Bonchev–Trinajstić information content (AvgIpc) is 2.79. The first kappa shape index (κ1) is 12.4. The summed E-state index contributed by atoms with van der Waals surface area (Å²) in [4.78, 5) is 25.8. The lowest BCUT2D eigenvalue weighted by atomic mass is 10.3. The Labute approximate surface area is 112 Å². The minimum atomic E-state index is -0.274. The van der Waals surface area contributed by atoms with Gasteiger partial charge in [-0.3, -0.25) is 14.5 Å². The third-order valence-corrected chi connectivity index (χ3v) is 4.14. The van der Waals surface area contributed by atoms with Crippen LogP contribution in [0, 0.1) is 0 Å². The van der Waals surface area contributed by atoms with Crippen molar-refractivity contribution in [2.24, 2.45) is 0 Å². The Morgan fingerprint density at radius 2 is 2.18 bits per heavy atom. The molecule has 1 fully saturated rings. The summed E-state index contributed by atoms with van der Waals surface area (Å²) in [6.07, 6.45) is 3.21. The zero-order valence-corrected chi connectivity index (χ0v) is 11.1. The smallest absolute Gasteiger partial charge is 0.268 e. The number of nitrogens with zero attached hydrogens (tertiary/aromatic N) is 1. The van der Waals surface area contributed by atoms with E-state index in [9.17, 15) is 9.59 Å². The number of halogens is 1. The van der Waals surface area contributed by atoms with Crippen molar-refractivity contribution in [3.05, 3.63) is 38.9 Å². The summed E-state index contributed by atoms with van der Waals surface area (Å²) >= 11 is 8.10. The molecule has 3 nitrogen and oxygen atoms in total. The third-order valence-electron chi connectivity index (χ3n) is 2.05. The highest BCUT2D eigenvalue weighted by molar-refractivity contribution is 8.18. The van der Waals surface area contributed by atoms with Crippen LogP contribution in [0.15, 0.2) is 29.7 Å². The van der Waals surface area contributed by atoms with Gasteiger partial charge in [0.2, 0.25) is 0 Å². The average molecular weight is 286 g/mol. The van der Waals surface area contributed by atoms with Crippen molar-refractivity contribution in [3.8, 4) is 0 Å². The van der Waals surface area contributed by atoms with Crippen molar-refractivity contribution in [2.45, 2.75) is 0 Å². The van der Waals surface area contributed by atoms with Gasteiger partial charge in [0.15, 0.2) is 0 Å². The molecular weight excluding hydrogens is 278 g/mol.